The van der Waals surface area contributed by atoms with Crippen LogP contribution in [0.5, 0.6) is 0 Å². The van der Waals surface area contributed by atoms with Crippen LogP contribution in [-0.2, 0) is 14.3 Å². The van der Waals surface area contributed by atoms with Crippen molar-refractivity contribution in [3.63, 3.8) is 0 Å². The Morgan fingerprint density at radius 2 is 1.85 bits per heavy atom. The maximum absolute atomic E-state index is 13.6. The van der Waals surface area contributed by atoms with E-state index in [1.54, 1.807) is 42.5 Å². The Kier molecular flexibility index (Phi) is 8.73. The number of halogens is 2. The lowest BCUT2D eigenvalue weighted by molar-refractivity contribution is -0.185. The lowest BCUT2D eigenvalue weighted by Gasteiger charge is -2.47. The van der Waals surface area contributed by atoms with Crippen LogP contribution in [-0.4, -0.2) is 51.8 Å². The van der Waals surface area contributed by atoms with Gasteiger partial charge in [0, 0.05) is 16.5 Å². The molecule has 0 bridgehead atoms. The van der Waals surface area contributed by atoms with Crippen molar-refractivity contribution in [3.05, 3.63) is 69.7 Å². The summed E-state index contributed by atoms with van der Waals surface area (Å²) < 4.78 is 6.24. The molecule has 1 saturated heterocycles. The number of carbonyl (C=O) groups excluding carboxylic acids is 2. The summed E-state index contributed by atoms with van der Waals surface area (Å²) in [6.07, 6.45) is -2.10. The maximum Gasteiger partial charge on any atom is 0.253 e. The second-order valence-corrected chi connectivity index (χ2v) is 8.99. The fraction of sp³-hybridized carbons (Fsp3) is 0.417. The molecule has 3 rings (SSSR count). The number of nitrogens with zero attached hydrogens (tertiary/aromatic N) is 1. The molecule has 0 aliphatic carbocycles. The molecule has 0 radical (unpaired) electrons. The van der Waals surface area contributed by atoms with Gasteiger partial charge >= 0.3 is 0 Å². The first-order valence-corrected chi connectivity index (χ1v) is 11.6. The van der Waals surface area contributed by atoms with Crippen LogP contribution in [0.25, 0.3) is 0 Å². The molecule has 0 spiro atoms. The Morgan fingerprint density at radius 3 is 2.42 bits per heavy atom. The summed E-state index contributed by atoms with van der Waals surface area (Å²) in [5, 5.41) is 20.4. The molecule has 178 valence electrons. The van der Waals surface area contributed by atoms with Crippen LogP contribution in [0.2, 0.25) is 10.0 Å². The number of rotatable bonds is 9. The SMILES string of the molecule is CCC[C@@H](C(N)=O)N1C(=O)[C@H](C[C@@H](O)CO)O[C@@H](c2cccc(Cl)c2)[C@H]1c1ccc(Cl)cc1. The Balaban J connectivity index is 2.18. The molecule has 2 aromatic rings. The highest BCUT2D eigenvalue weighted by atomic mass is 35.5. The predicted molar refractivity (Wildman–Crippen MR) is 126 cm³/mol. The largest absolute Gasteiger partial charge is 0.394 e. The molecule has 9 heteroatoms. The van der Waals surface area contributed by atoms with Crippen molar-refractivity contribution >= 4 is 35.0 Å². The number of carbonyl (C=O) groups is 2. The van der Waals surface area contributed by atoms with Gasteiger partial charge in [-0.25, -0.2) is 0 Å². The fourth-order valence-corrected chi connectivity index (χ4v) is 4.54. The van der Waals surface area contributed by atoms with Crippen LogP contribution in [0.4, 0.5) is 0 Å². The number of aliphatic hydroxyl groups is 2. The zero-order valence-corrected chi connectivity index (χ0v) is 19.7. The average molecular weight is 495 g/mol. The molecular formula is C24H28Cl2N2O5. The second kappa shape index (κ2) is 11.3. The van der Waals surface area contributed by atoms with Gasteiger partial charge in [0.2, 0.25) is 5.91 Å². The minimum atomic E-state index is -1.16. The molecule has 5 atom stereocenters. The third-order valence-electron chi connectivity index (χ3n) is 5.74. The molecule has 0 saturated carbocycles. The summed E-state index contributed by atoms with van der Waals surface area (Å²) in [6.45, 7) is 1.38. The summed E-state index contributed by atoms with van der Waals surface area (Å²) in [5.41, 5.74) is 7.16. The van der Waals surface area contributed by atoms with Crippen molar-refractivity contribution in [3.8, 4) is 0 Å². The Morgan fingerprint density at radius 1 is 1.15 bits per heavy atom. The standard InChI is InChI=1S/C24H28Cl2N2O5/c1-2-4-19(23(27)31)28-21(14-7-9-16(25)10-8-14)22(15-5-3-6-17(26)11-15)33-20(24(28)32)12-18(30)13-29/h3,5-11,18-22,29-30H,2,4,12-13H2,1H3,(H2,27,31)/t18-,19+,20+,21-,22+/m1/s1. The van der Waals surface area contributed by atoms with Gasteiger partial charge in [0.05, 0.1) is 18.8 Å². The molecule has 0 aromatic heterocycles. The van der Waals surface area contributed by atoms with E-state index in [-0.39, 0.29) is 6.42 Å². The quantitative estimate of drug-likeness (QED) is 0.494. The van der Waals surface area contributed by atoms with Gasteiger partial charge in [-0.3, -0.25) is 9.59 Å². The number of benzene rings is 2. The summed E-state index contributed by atoms with van der Waals surface area (Å²) >= 11 is 12.3. The number of amides is 2. The Labute approximate surface area is 203 Å². The summed E-state index contributed by atoms with van der Waals surface area (Å²) in [6, 6.07) is 12.4. The molecule has 0 unspecified atom stereocenters. The van der Waals surface area contributed by atoms with Crippen molar-refractivity contribution in [2.45, 2.75) is 56.6 Å². The number of aliphatic hydroxyl groups excluding tert-OH is 2. The van der Waals surface area contributed by atoms with Gasteiger partial charge in [0.15, 0.2) is 0 Å². The molecular weight excluding hydrogens is 467 g/mol. The minimum Gasteiger partial charge on any atom is -0.394 e. The molecule has 7 nitrogen and oxygen atoms in total. The molecule has 1 fully saturated rings. The van der Waals surface area contributed by atoms with E-state index in [0.29, 0.717) is 34.0 Å². The van der Waals surface area contributed by atoms with E-state index in [2.05, 4.69) is 0 Å². The van der Waals surface area contributed by atoms with E-state index >= 15 is 0 Å². The number of nitrogens with two attached hydrogens (primary N) is 1. The van der Waals surface area contributed by atoms with Crippen LogP contribution in [0.15, 0.2) is 48.5 Å². The fourth-order valence-electron chi connectivity index (χ4n) is 4.22. The molecule has 1 aliphatic rings. The van der Waals surface area contributed by atoms with Crippen LogP contribution in [0.1, 0.15) is 49.5 Å². The third kappa shape index (κ3) is 5.86. The first-order chi connectivity index (χ1) is 15.8. The smallest absolute Gasteiger partial charge is 0.253 e. The first kappa shape index (κ1) is 25.5. The van der Waals surface area contributed by atoms with Gasteiger partial charge in [-0.2, -0.15) is 0 Å². The van der Waals surface area contributed by atoms with Gasteiger partial charge in [0.1, 0.15) is 18.2 Å². The molecule has 33 heavy (non-hydrogen) atoms. The Hall–Kier alpha value is -2.16. The van der Waals surface area contributed by atoms with Crippen LogP contribution >= 0.6 is 23.2 Å². The van der Waals surface area contributed by atoms with Gasteiger partial charge in [-0.1, -0.05) is 60.8 Å². The maximum atomic E-state index is 13.6. The summed E-state index contributed by atoms with van der Waals surface area (Å²) in [4.78, 5) is 27.6. The zero-order chi connectivity index (χ0) is 24.1. The van der Waals surface area contributed by atoms with E-state index in [1.807, 2.05) is 13.0 Å². The minimum absolute atomic E-state index is 0.131. The van der Waals surface area contributed by atoms with E-state index in [1.165, 1.54) is 4.90 Å². The van der Waals surface area contributed by atoms with Gasteiger partial charge in [-0.05, 0) is 41.8 Å². The molecule has 2 aromatic carbocycles. The first-order valence-electron chi connectivity index (χ1n) is 10.8. The number of ether oxygens (including phenoxy) is 1. The highest BCUT2D eigenvalue weighted by Crippen LogP contribution is 2.44. The van der Waals surface area contributed by atoms with Gasteiger partial charge < -0.3 is 25.6 Å². The highest BCUT2D eigenvalue weighted by Gasteiger charge is 2.48. The van der Waals surface area contributed by atoms with Crippen molar-refractivity contribution < 1.29 is 24.5 Å². The van der Waals surface area contributed by atoms with Gasteiger partial charge in [0.25, 0.3) is 5.91 Å². The van der Waals surface area contributed by atoms with Crippen molar-refractivity contribution in [1.82, 2.24) is 4.90 Å². The lowest BCUT2D eigenvalue weighted by Crippen LogP contribution is -2.58. The van der Waals surface area contributed by atoms with E-state index in [9.17, 15) is 19.8 Å². The van der Waals surface area contributed by atoms with Crippen LogP contribution < -0.4 is 5.73 Å². The van der Waals surface area contributed by atoms with E-state index in [0.717, 1.165) is 0 Å². The van der Waals surface area contributed by atoms with Gasteiger partial charge in [-0.15, -0.1) is 0 Å². The van der Waals surface area contributed by atoms with Crippen molar-refractivity contribution in [2.75, 3.05) is 6.61 Å². The monoisotopic (exact) mass is 494 g/mol. The summed E-state index contributed by atoms with van der Waals surface area (Å²) in [7, 11) is 0. The molecule has 4 N–H and O–H groups in total. The zero-order valence-electron chi connectivity index (χ0n) is 18.2. The lowest BCUT2D eigenvalue weighted by atomic mass is 9.88. The average Bonchev–Trinajstić information content (AvgIpc) is 2.79. The van der Waals surface area contributed by atoms with Crippen molar-refractivity contribution in [2.24, 2.45) is 5.73 Å². The molecule has 1 heterocycles. The van der Waals surface area contributed by atoms with E-state index in [4.69, 9.17) is 33.7 Å². The molecule has 1 aliphatic heterocycles. The predicted octanol–water partition coefficient (Wildman–Crippen LogP) is 3.40. The molecule has 2 amide bonds. The van der Waals surface area contributed by atoms with Crippen molar-refractivity contribution in [1.29, 1.82) is 0 Å². The normalized spacial score (nSPS) is 22.8. The van der Waals surface area contributed by atoms with Crippen LogP contribution in [0.3, 0.4) is 0 Å². The third-order valence-corrected chi connectivity index (χ3v) is 6.23. The number of hydrogen-bond donors (Lipinski definition) is 3. The number of primary amides is 1. The highest BCUT2D eigenvalue weighted by molar-refractivity contribution is 6.30. The number of hydrogen-bond acceptors (Lipinski definition) is 5. The second-order valence-electron chi connectivity index (χ2n) is 8.12. The topological polar surface area (TPSA) is 113 Å². The van der Waals surface area contributed by atoms with Crippen LogP contribution in [0, 0.1) is 0 Å². The van der Waals surface area contributed by atoms with E-state index < -0.39 is 48.8 Å². The summed E-state index contributed by atoms with van der Waals surface area (Å²) in [5.74, 6) is -1.10. The Bertz CT molecular complexity index is 972. The number of morpholine rings is 1.